The second-order valence-electron chi connectivity index (χ2n) is 8.23. The third-order valence-electron chi connectivity index (χ3n) is 6.40. The number of carbonyl (C=O) groups is 1. The molecule has 4 atom stereocenters. The minimum Gasteiger partial charge on any atom is -0.348 e. The number of carbonyl (C=O) groups excluding carboxylic acids is 1. The molecular formula is C21H31N3O. The molecule has 0 aromatic heterocycles. The topological polar surface area (TPSA) is 44.4 Å². The average Bonchev–Trinajstić information content (AvgIpc) is 2.98. The van der Waals surface area contributed by atoms with Crippen LogP contribution >= 0.6 is 0 Å². The van der Waals surface area contributed by atoms with Crippen molar-refractivity contribution in [3.05, 3.63) is 34.9 Å². The number of rotatable bonds is 4. The Hall–Kier alpha value is -1.39. The molecule has 0 radical (unpaired) electrons. The van der Waals surface area contributed by atoms with Gasteiger partial charge in [-0.15, -0.1) is 0 Å². The second-order valence-corrected chi connectivity index (χ2v) is 8.23. The van der Waals surface area contributed by atoms with Crippen LogP contribution in [0.4, 0.5) is 0 Å². The minimum absolute atomic E-state index is 0.0507. The molecule has 2 heterocycles. The predicted octanol–water partition coefficient (Wildman–Crippen LogP) is 2.57. The molecule has 3 aliphatic rings. The van der Waals surface area contributed by atoms with Gasteiger partial charge in [0.25, 0.3) is 0 Å². The van der Waals surface area contributed by atoms with Crippen molar-refractivity contribution in [2.75, 3.05) is 13.1 Å². The van der Waals surface area contributed by atoms with E-state index in [1.807, 2.05) is 0 Å². The Morgan fingerprint density at radius 3 is 2.52 bits per heavy atom. The van der Waals surface area contributed by atoms with E-state index in [0.29, 0.717) is 12.1 Å². The lowest BCUT2D eigenvalue weighted by Gasteiger charge is -2.36. The molecule has 4 heteroatoms. The number of nitrogens with one attached hydrogen (secondary N) is 2. The largest absolute Gasteiger partial charge is 0.348 e. The predicted molar refractivity (Wildman–Crippen MR) is 101 cm³/mol. The van der Waals surface area contributed by atoms with Crippen molar-refractivity contribution < 1.29 is 4.79 Å². The average molecular weight is 341 g/mol. The number of aryl methyl sites for hydroxylation is 2. The fourth-order valence-corrected chi connectivity index (χ4v) is 4.75. The first-order chi connectivity index (χ1) is 12.1. The van der Waals surface area contributed by atoms with Crippen molar-refractivity contribution in [3.8, 4) is 0 Å². The van der Waals surface area contributed by atoms with Crippen LogP contribution in [0.3, 0.4) is 0 Å². The van der Waals surface area contributed by atoms with E-state index in [1.165, 1.54) is 55.2 Å². The third-order valence-corrected chi connectivity index (χ3v) is 6.40. The highest BCUT2D eigenvalue weighted by molar-refractivity contribution is 5.81. The summed E-state index contributed by atoms with van der Waals surface area (Å²) in [5.74, 6) is 0.159. The minimum atomic E-state index is -0.0507. The van der Waals surface area contributed by atoms with Crippen LogP contribution in [0.5, 0.6) is 0 Å². The molecule has 0 saturated carbocycles. The first kappa shape index (κ1) is 17.0. The van der Waals surface area contributed by atoms with Crippen LogP contribution in [0, 0.1) is 0 Å². The summed E-state index contributed by atoms with van der Waals surface area (Å²) in [5.41, 5.74) is 4.22. The van der Waals surface area contributed by atoms with E-state index in [1.54, 1.807) is 0 Å². The van der Waals surface area contributed by atoms with E-state index >= 15 is 0 Å². The van der Waals surface area contributed by atoms with Crippen LogP contribution in [0.25, 0.3) is 0 Å². The molecule has 2 fully saturated rings. The number of nitrogens with zero attached hydrogens (tertiary/aromatic N) is 1. The highest BCUT2D eigenvalue weighted by Crippen LogP contribution is 2.25. The Balaban J connectivity index is 1.38. The lowest BCUT2D eigenvalue weighted by Crippen LogP contribution is -2.57. The number of likely N-dealkylation sites (tertiary alicyclic amines) is 1. The molecule has 2 N–H and O–H groups in total. The summed E-state index contributed by atoms with van der Waals surface area (Å²) >= 11 is 0. The van der Waals surface area contributed by atoms with Crippen LogP contribution in [0.15, 0.2) is 18.2 Å². The van der Waals surface area contributed by atoms with Crippen molar-refractivity contribution in [3.63, 3.8) is 0 Å². The normalized spacial score (nSPS) is 28.2. The maximum atomic E-state index is 12.8. The van der Waals surface area contributed by atoms with E-state index in [2.05, 4.69) is 47.6 Å². The van der Waals surface area contributed by atoms with Gasteiger partial charge in [-0.25, -0.2) is 0 Å². The fraction of sp³-hybridized carbons (Fsp3) is 0.667. The molecule has 25 heavy (non-hydrogen) atoms. The zero-order valence-corrected chi connectivity index (χ0v) is 15.6. The number of piperazine rings is 1. The van der Waals surface area contributed by atoms with E-state index in [0.717, 1.165) is 13.1 Å². The smallest absolute Gasteiger partial charge is 0.237 e. The first-order valence-electron chi connectivity index (χ1n) is 10.0. The van der Waals surface area contributed by atoms with Crippen LogP contribution in [0.1, 0.15) is 62.3 Å². The second kappa shape index (κ2) is 7.08. The number of benzene rings is 1. The Kier molecular flexibility index (Phi) is 4.83. The lowest BCUT2D eigenvalue weighted by molar-refractivity contribution is -0.127. The zero-order valence-electron chi connectivity index (χ0n) is 15.6. The van der Waals surface area contributed by atoms with E-state index in [9.17, 15) is 4.79 Å². The van der Waals surface area contributed by atoms with Crippen LogP contribution in [-0.2, 0) is 17.6 Å². The van der Waals surface area contributed by atoms with Gasteiger partial charge in [0.2, 0.25) is 5.91 Å². The molecule has 4 unspecified atom stereocenters. The number of amides is 1. The fourth-order valence-electron chi connectivity index (χ4n) is 4.75. The monoisotopic (exact) mass is 341 g/mol. The van der Waals surface area contributed by atoms with Gasteiger partial charge in [-0.3, -0.25) is 9.69 Å². The summed E-state index contributed by atoms with van der Waals surface area (Å²) in [7, 11) is 0. The molecule has 1 aromatic rings. The van der Waals surface area contributed by atoms with Crippen molar-refractivity contribution in [2.45, 2.75) is 76.5 Å². The summed E-state index contributed by atoms with van der Waals surface area (Å²) in [5, 5.41) is 6.89. The highest BCUT2D eigenvalue weighted by Gasteiger charge is 2.36. The number of hydrogen-bond donors (Lipinski definition) is 2. The summed E-state index contributed by atoms with van der Waals surface area (Å²) in [6, 6.07) is 7.95. The first-order valence-corrected chi connectivity index (χ1v) is 10.0. The van der Waals surface area contributed by atoms with Gasteiger partial charge in [0, 0.05) is 25.2 Å². The molecule has 1 amide bonds. The Morgan fingerprint density at radius 2 is 1.80 bits per heavy atom. The molecule has 0 spiro atoms. The van der Waals surface area contributed by atoms with Gasteiger partial charge in [-0.1, -0.05) is 18.2 Å². The van der Waals surface area contributed by atoms with Crippen molar-refractivity contribution in [2.24, 2.45) is 0 Å². The summed E-state index contributed by atoms with van der Waals surface area (Å²) in [4.78, 5) is 15.1. The van der Waals surface area contributed by atoms with Crippen molar-refractivity contribution in [1.29, 1.82) is 0 Å². The molecule has 1 aromatic carbocycles. The third kappa shape index (κ3) is 3.61. The van der Waals surface area contributed by atoms with Gasteiger partial charge in [-0.2, -0.15) is 0 Å². The molecule has 2 bridgehead atoms. The maximum Gasteiger partial charge on any atom is 0.237 e. The Morgan fingerprint density at radius 1 is 1.12 bits per heavy atom. The molecule has 4 rings (SSSR count). The molecule has 1 aliphatic carbocycles. The SMILES string of the molecule is CC(NC(=O)C(C)N1CC2CCC(C1)N2)c1ccc2c(c1)CCCC2. The van der Waals surface area contributed by atoms with Gasteiger partial charge in [0.15, 0.2) is 0 Å². The molecule has 2 aliphatic heterocycles. The summed E-state index contributed by atoms with van der Waals surface area (Å²) < 4.78 is 0. The van der Waals surface area contributed by atoms with Gasteiger partial charge in [0.05, 0.1) is 12.1 Å². The molecular weight excluding hydrogens is 310 g/mol. The lowest BCUT2D eigenvalue weighted by atomic mass is 9.89. The Bertz CT molecular complexity index is 632. The van der Waals surface area contributed by atoms with Crippen LogP contribution < -0.4 is 10.6 Å². The standard InChI is InChI=1S/C21H31N3O/c1-14(17-8-7-16-5-3-4-6-18(16)11-17)22-21(25)15(2)24-12-19-9-10-20(13-24)23-19/h7-8,11,14-15,19-20,23H,3-6,9-10,12-13H2,1-2H3,(H,22,25). The highest BCUT2D eigenvalue weighted by atomic mass is 16.2. The van der Waals surface area contributed by atoms with E-state index < -0.39 is 0 Å². The van der Waals surface area contributed by atoms with Crippen LogP contribution in [-0.4, -0.2) is 42.0 Å². The van der Waals surface area contributed by atoms with E-state index in [-0.39, 0.29) is 18.0 Å². The van der Waals surface area contributed by atoms with Gasteiger partial charge in [0.1, 0.15) is 0 Å². The zero-order chi connectivity index (χ0) is 17.4. The quantitative estimate of drug-likeness (QED) is 0.885. The summed E-state index contributed by atoms with van der Waals surface area (Å²) in [6.45, 7) is 6.16. The maximum absolute atomic E-state index is 12.8. The van der Waals surface area contributed by atoms with Crippen LogP contribution in [0.2, 0.25) is 0 Å². The van der Waals surface area contributed by atoms with Gasteiger partial charge < -0.3 is 10.6 Å². The van der Waals surface area contributed by atoms with Crippen molar-refractivity contribution in [1.82, 2.24) is 15.5 Å². The number of fused-ring (bicyclic) bond motifs is 3. The molecule has 2 saturated heterocycles. The van der Waals surface area contributed by atoms with E-state index in [4.69, 9.17) is 0 Å². The van der Waals surface area contributed by atoms with Gasteiger partial charge >= 0.3 is 0 Å². The Labute approximate surface area is 151 Å². The molecule has 4 nitrogen and oxygen atoms in total. The van der Waals surface area contributed by atoms with Gasteiger partial charge in [-0.05, 0) is 69.1 Å². The number of hydrogen-bond acceptors (Lipinski definition) is 3. The molecule has 136 valence electrons. The summed E-state index contributed by atoms with van der Waals surface area (Å²) in [6.07, 6.45) is 7.49. The van der Waals surface area contributed by atoms with Crippen molar-refractivity contribution >= 4 is 5.91 Å².